The van der Waals surface area contributed by atoms with Gasteiger partial charge < -0.3 is 19.7 Å². The van der Waals surface area contributed by atoms with Gasteiger partial charge in [0.15, 0.2) is 18.1 Å². The van der Waals surface area contributed by atoms with E-state index in [2.05, 4.69) is 5.32 Å². The number of ether oxygens (including phenoxy) is 2. The minimum Gasteiger partial charge on any atom is -0.493 e. The molecule has 0 aliphatic rings. The Morgan fingerprint density at radius 3 is 2.35 bits per heavy atom. The predicted molar refractivity (Wildman–Crippen MR) is 123 cm³/mol. The lowest BCUT2D eigenvalue weighted by Crippen LogP contribution is -2.51. The average Bonchev–Trinajstić information content (AvgIpc) is 2.73. The third kappa shape index (κ3) is 7.04. The number of nitrogens with zero attached hydrogens (tertiary/aromatic N) is 1. The number of para-hydroxylation sites is 2. The Labute approximate surface area is 193 Å². The van der Waals surface area contributed by atoms with Crippen LogP contribution in [0.4, 0.5) is 0 Å². The smallest absolute Gasteiger partial charge is 0.261 e. The second kappa shape index (κ2) is 11.8. The topological polar surface area (TPSA) is 67.9 Å². The van der Waals surface area contributed by atoms with Crippen LogP contribution in [0.5, 0.6) is 11.5 Å². The number of benzene rings is 2. The van der Waals surface area contributed by atoms with Gasteiger partial charge in [0.1, 0.15) is 6.04 Å². The second-order valence-electron chi connectivity index (χ2n) is 7.28. The van der Waals surface area contributed by atoms with Crippen molar-refractivity contribution in [1.29, 1.82) is 0 Å². The molecule has 2 aromatic carbocycles. The lowest BCUT2D eigenvalue weighted by atomic mass is 10.1. The summed E-state index contributed by atoms with van der Waals surface area (Å²) in [6.07, 6.45) is 0.435. The first kappa shape index (κ1) is 24.8. The maximum Gasteiger partial charge on any atom is 0.261 e. The number of hydrogen-bond acceptors (Lipinski definition) is 4. The summed E-state index contributed by atoms with van der Waals surface area (Å²) in [4.78, 5) is 27.5. The molecule has 2 aromatic rings. The summed E-state index contributed by atoms with van der Waals surface area (Å²) in [6.45, 7) is 5.50. The molecule has 31 heavy (non-hydrogen) atoms. The molecule has 0 bridgehead atoms. The van der Waals surface area contributed by atoms with E-state index in [-0.39, 0.29) is 31.0 Å². The molecule has 6 nitrogen and oxygen atoms in total. The van der Waals surface area contributed by atoms with Crippen molar-refractivity contribution >= 4 is 35.0 Å². The van der Waals surface area contributed by atoms with Crippen molar-refractivity contribution < 1.29 is 19.1 Å². The van der Waals surface area contributed by atoms with Crippen LogP contribution >= 0.6 is 23.2 Å². The number of rotatable bonds is 10. The van der Waals surface area contributed by atoms with Gasteiger partial charge in [-0.25, -0.2) is 0 Å². The van der Waals surface area contributed by atoms with Crippen LogP contribution in [0.15, 0.2) is 42.5 Å². The van der Waals surface area contributed by atoms with E-state index in [1.165, 1.54) is 12.0 Å². The molecule has 0 spiro atoms. The van der Waals surface area contributed by atoms with Gasteiger partial charge in [0.25, 0.3) is 5.91 Å². The van der Waals surface area contributed by atoms with E-state index in [9.17, 15) is 9.59 Å². The molecule has 8 heteroatoms. The van der Waals surface area contributed by atoms with Crippen molar-refractivity contribution in [2.75, 3.05) is 13.7 Å². The first-order valence-corrected chi connectivity index (χ1v) is 10.8. The molecule has 1 unspecified atom stereocenters. The molecule has 0 fully saturated rings. The Kier molecular flexibility index (Phi) is 9.46. The minimum atomic E-state index is -0.678. The highest BCUT2D eigenvalue weighted by Crippen LogP contribution is 2.27. The maximum atomic E-state index is 13.2. The van der Waals surface area contributed by atoms with Gasteiger partial charge in [0, 0.05) is 22.6 Å². The van der Waals surface area contributed by atoms with E-state index in [1.807, 2.05) is 26.8 Å². The van der Waals surface area contributed by atoms with Gasteiger partial charge in [-0.15, -0.1) is 0 Å². The Morgan fingerprint density at radius 2 is 1.77 bits per heavy atom. The molecular formula is C23H28Cl2N2O4. The van der Waals surface area contributed by atoms with Gasteiger partial charge >= 0.3 is 0 Å². The number of carbonyl (C=O) groups is 2. The highest BCUT2D eigenvalue weighted by atomic mass is 35.5. The zero-order chi connectivity index (χ0) is 23.0. The lowest BCUT2D eigenvalue weighted by Gasteiger charge is -2.31. The van der Waals surface area contributed by atoms with E-state index in [4.69, 9.17) is 32.7 Å². The number of carbonyl (C=O) groups excluding carboxylic acids is 2. The van der Waals surface area contributed by atoms with E-state index in [0.29, 0.717) is 33.5 Å². The minimum absolute atomic E-state index is 0.0533. The van der Waals surface area contributed by atoms with Crippen LogP contribution in [-0.2, 0) is 16.1 Å². The number of amides is 2. The van der Waals surface area contributed by atoms with Crippen molar-refractivity contribution in [2.45, 2.75) is 45.8 Å². The molecule has 0 saturated carbocycles. The van der Waals surface area contributed by atoms with Crippen molar-refractivity contribution in [3.05, 3.63) is 58.1 Å². The molecule has 2 amide bonds. The third-order valence-electron chi connectivity index (χ3n) is 4.59. The second-order valence-corrected chi connectivity index (χ2v) is 8.13. The number of hydrogen-bond donors (Lipinski definition) is 1. The molecule has 1 N–H and O–H groups in total. The van der Waals surface area contributed by atoms with Crippen molar-refractivity contribution in [2.24, 2.45) is 0 Å². The van der Waals surface area contributed by atoms with Gasteiger partial charge in [0.2, 0.25) is 5.91 Å². The zero-order valence-electron chi connectivity index (χ0n) is 18.2. The first-order chi connectivity index (χ1) is 14.8. The Morgan fingerprint density at radius 1 is 1.10 bits per heavy atom. The Hall–Kier alpha value is -2.44. The molecule has 0 saturated heterocycles. The molecular weight excluding hydrogens is 439 g/mol. The normalized spacial score (nSPS) is 11.7. The molecule has 168 valence electrons. The fraction of sp³-hybridized carbons (Fsp3) is 0.391. The van der Waals surface area contributed by atoms with Crippen molar-refractivity contribution in [3.8, 4) is 11.5 Å². The third-order valence-corrected chi connectivity index (χ3v) is 5.18. The standard InChI is InChI=1S/C23H28Cl2N2O4/c1-5-19(23(29)26-15(2)3)27(13-16-10-11-17(24)12-18(16)25)22(28)14-31-21-9-7-6-8-20(21)30-4/h6-12,15,19H,5,13-14H2,1-4H3,(H,26,29). The van der Waals surface area contributed by atoms with Gasteiger partial charge in [-0.3, -0.25) is 9.59 Å². The summed E-state index contributed by atoms with van der Waals surface area (Å²) in [5.41, 5.74) is 0.688. The number of nitrogens with one attached hydrogen (secondary N) is 1. The van der Waals surface area contributed by atoms with E-state index >= 15 is 0 Å². The molecule has 0 aliphatic heterocycles. The molecule has 1 atom stereocenters. The lowest BCUT2D eigenvalue weighted by molar-refractivity contribution is -0.143. The van der Waals surface area contributed by atoms with Crippen molar-refractivity contribution in [1.82, 2.24) is 10.2 Å². The summed E-state index contributed by atoms with van der Waals surface area (Å²) in [7, 11) is 1.53. The summed E-state index contributed by atoms with van der Waals surface area (Å²) in [5, 5.41) is 3.80. The van der Waals surface area contributed by atoms with Crippen LogP contribution in [0.1, 0.15) is 32.8 Å². The summed E-state index contributed by atoms with van der Waals surface area (Å²) < 4.78 is 11.0. The van der Waals surface area contributed by atoms with Gasteiger partial charge in [0.05, 0.1) is 7.11 Å². The Balaban J connectivity index is 2.28. The number of methoxy groups -OCH3 is 1. The predicted octanol–water partition coefficient (Wildman–Crippen LogP) is 4.71. The van der Waals surface area contributed by atoms with Gasteiger partial charge in [-0.1, -0.05) is 48.3 Å². The average molecular weight is 467 g/mol. The van der Waals surface area contributed by atoms with Gasteiger partial charge in [-0.2, -0.15) is 0 Å². The van der Waals surface area contributed by atoms with Gasteiger partial charge in [-0.05, 0) is 50.1 Å². The van der Waals surface area contributed by atoms with Crippen LogP contribution in [-0.4, -0.2) is 42.5 Å². The fourth-order valence-corrected chi connectivity index (χ4v) is 3.56. The van der Waals surface area contributed by atoms with Crippen LogP contribution in [0.3, 0.4) is 0 Å². The summed E-state index contributed by atoms with van der Waals surface area (Å²) >= 11 is 12.3. The molecule has 0 aromatic heterocycles. The highest BCUT2D eigenvalue weighted by Gasteiger charge is 2.30. The maximum absolute atomic E-state index is 13.2. The largest absolute Gasteiger partial charge is 0.493 e. The molecule has 0 heterocycles. The van der Waals surface area contributed by atoms with E-state index in [1.54, 1.807) is 36.4 Å². The van der Waals surface area contributed by atoms with Crippen LogP contribution in [0.2, 0.25) is 10.0 Å². The fourth-order valence-electron chi connectivity index (χ4n) is 3.09. The van der Waals surface area contributed by atoms with E-state index < -0.39 is 6.04 Å². The SMILES string of the molecule is CCC(C(=O)NC(C)C)N(Cc1ccc(Cl)cc1Cl)C(=O)COc1ccccc1OC. The molecule has 2 rings (SSSR count). The van der Waals surface area contributed by atoms with E-state index in [0.717, 1.165) is 0 Å². The summed E-state index contributed by atoms with van der Waals surface area (Å²) in [5.74, 6) is 0.394. The highest BCUT2D eigenvalue weighted by molar-refractivity contribution is 6.35. The van der Waals surface area contributed by atoms with Crippen LogP contribution in [0, 0.1) is 0 Å². The van der Waals surface area contributed by atoms with Crippen molar-refractivity contribution in [3.63, 3.8) is 0 Å². The monoisotopic (exact) mass is 466 g/mol. The molecule has 0 radical (unpaired) electrons. The number of halogens is 2. The summed E-state index contributed by atoms with van der Waals surface area (Å²) in [6, 6.07) is 11.4. The van der Waals surface area contributed by atoms with Crippen LogP contribution < -0.4 is 14.8 Å². The Bertz CT molecular complexity index is 905. The van der Waals surface area contributed by atoms with Crippen LogP contribution in [0.25, 0.3) is 0 Å². The quantitative estimate of drug-likeness (QED) is 0.550. The first-order valence-electron chi connectivity index (χ1n) is 10.1. The zero-order valence-corrected chi connectivity index (χ0v) is 19.7. The molecule has 0 aliphatic carbocycles.